The molecule has 3 heteroatoms. The number of nitriles is 1. The summed E-state index contributed by atoms with van der Waals surface area (Å²) < 4.78 is 1.90. The largest absolute Gasteiger partial charge is 0.336 e. The van der Waals surface area contributed by atoms with Gasteiger partial charge in [-0.2, -0.15) is 5.26 Å². The van der Waals surface area contributed by atoms with Crippen LogP contribution in [0.4, 0.5) is 0 Å². The van der Waals surface area contributed by atoms with E-state index < -0.39 is 0 Å². The molecule has 0 spiro atoms. The Morgan fingerprint density at radius 1 is 1.80 bits per heavy atom. The summed E-state index contributed by atoms with van der Waals surface area (Å²) in [6.45, 7) is 2.62. The van der Waals surface area contributed by atoms with Gasteiger partial charge in [0.25, 0.3) is 0 Å². The summed E-state index contributed by atoms with van der Waals surface area (Å²) in [6.07, 6.45) is 5.28. The highest BCUT2D eigenvalue weighted by molar-refractivity contribution is 4.82. The fourth-order valence-electron chi connectivity index (χ4n) is 0.752. The Morgan fingerprint density at radius 3 is 3.10 bits per heavy atom. The van der Waals surface area contributed by atoms with Crippen LogP contribution in [0.15, 0.2) is 18.7 Å². The second-order valence-electron chi connectivity index (χ2n) is 2.29. The van der Waals surface area contributed by atoms with Gasteiger partial charge in [0, 0.05) is 18.9 Å². The van der Waals surface area contributed by atoms with Crippen molar-refractivity contribution in [1.29, 1.82) is 5.26 Å². The highest BCUT2D eigenvalue weighted by atomic mass is 15.0. The summed E-state index contributed by atoms with van der Waals surface area (Å²) in [6, 6.07) is 2.15. The number of imidazole rings is 1. The highest BCUT2D eigenvalue weighted by Crippen LogP contribution is 1.96. The van der Waals surface area contributed by atoms with Crippen molar-refractivity contribution in [2.75, 3.05) is 0 Å². The topological polar surface area (TPSA) is 41.6 Å². The molecular weight excluding hydrogens is 126 g/mol. The molecule has 0 saturated heterocycles. The SMILES string of the molecule is CC(C#N)Cn1ccnc1. The van der Waals surface area contributed by atoms with Crippen LogP contribution in [0.5, 0.6) is 0 Å². The summed E-state index contributed by atoms with van der Waals surface area (Å²) in [7, 11) is 0. The lowest BCUT2D eigenvalue weighted by Gasteiger charge is -2.00. The van der Waals surface area contributed by atoms with Crippen LogP contribution in [0.1, 0.15) is 6.92 Å². The Morgan fingerprint density at radius 2 is 2.60 bits per heavy atom. The molecule has 1 atom stereocenters. The van der Waals surface area contributed by atoms with Crippen molar-refractivity contribution in [3.05, 3.63) is 18.7 Å². The first-order valence-electron chi connectivity index (χ1n) is 3.18. The van der Waals surface area contributed by atoms with Crippen LogP contribution in [0.3, 0.4) is 0 Å². The zero-order chi connectivity index (χ0) is 7.40. The molecule has 1 aromatic rings. The Kier molecular flexibility index (Phi) is 2.06. The third-order valence-electron chi connectivity index (χ3n) is 1.26. The zero-order valence-electron chi connectivity index (χ0n) is 5.86. The van der Waals surface area contributed by atoms with Crippen LogP contribution in [0.25, 0.3) is 0 Å². The summed E-state index contributed by atoms with van der Waals surface area (Å²) in [4.78, 5) is 3.86. The maximum absolute atomic E-state index is 8.45. The van der Waals surface area contributed by atoms with Gasteiger partial charge in [-0.05, 0) is 6.92 Å². The van der Waals surface area contributed by atoms with Gasteiger partial charge in [0.15, 0.2) is 0 Å². The van der Waals surface area contributed by atoms with Gasteiger partial charge >= 0.3 is 0 Å². The van der Waals surface area contributed by atoms with Gasteiger partial charge in [0.2, 0.25) is 0 Å². The number of nitrogens with zero attached hydrogens (tertiary/aromatic N) is 3. The van der Waals surface area contributed by atoms with E-state index in [9.17, 15) is 0 Å². The van der Waals surface area contributed by atoms with E-state index in [1.807, 2.05) is 17.7 Å². The molecular formula is C7H9N3. The molecule has 52 valence electrons. The van der Waals surface area contributed by atoms with E-state index in [-0.39, 0.29) is 5.92 Å². The quantitative estimate of drug-likeness (QED) is 0.608. The van der Waals surface area contributed by atoms with Crippen molar-refractivity contribution >= 4 is 0 Å². The number of aromatic nitrogens is 2. The van der Waals surface area contributed by atoms with Gasteiger partial charge in [0.1, 0.15) is 0 Å². The maximum Gasteiger partial charge on any atom is 0.0946 e. The van der Waals surface area contributed by atoms with Gasteiger partial charge in [-0.1, -0.05) is 0 Å². The number of hydrogen-bond acceptors (Lipinski definition) is 2. The maximum atomic E-state index is 8.45. The van der Waals surface area contributed by atoms with Crippen molar-refractivity contribution in [3.63, 3.8) is 0 Å². The summed E-state index contributed by atoms with van der Waals surface area (Å²) in [5.41, 5.74) is 0. The van der Waals surface area contributed by atoms with Gasteiger partial charge in [-0.15, -0.1) is 0 Å². The molecule has 0 bridgehead atoms. The molecule has 10 heavy (non-hydrogen) atoms. The summed E-state index contributed by atoms with van der Waals surface area (Å²) in [5, 5.41) is 8.45. The Bertz CT molecular complexity index is 219. The lowest BCUT2D eigenvalue weighted by Crippen LogP contribution is -2.02. The molecule has 3 nitrogen and oxygen atoms in total. The molecule has 0 aliphatic carbocycles. The first-order chi connectivity index (χ1) is 4.83. The van der Waals surface area contributed by atoms with Gasteiger partial charge < -0.3 is 4.57 Å². The third-order valence-corrected chi connectivity index (χ3v) is 1.26. The van der Waals surface area contributed by atoms with Crippen molar-refractivity contribution in [1.82, 2.24) is 9.55 Å². The van der Waals surface area contributed by atoms with Crippen LogP contribution in [-0.2, 0) is 6.54 Å². The molecule has 0 aliphatic rings. The molecule has 1 aromatic heterocycles. The standard InChI is InChI=1S/C7H9N3/c1-7(4-8)5-10-3-2-9-6-10/h2-3,6-7H,5H2,1H3. The Balaban J connectivity index is 2.50. The normalized spacial score (nSPS) is 12.4. The van der Waals surface area contributed by atoms with E-state index in [1.165, 1.54) is 0 Å². The molecule has 1 unspecified atom stereocenters. The predicted octanol–water partition coefficient (Wildman–Crippen LogP) is 1.04. The first-order valence-corrected chi connectivity index (χ1v) is 3.18. The van der Waals surface area contributed by atoms with Crippen LogP contribution in [0.2, 0.25) is 0 Å². The number of hydrogen-bond donors (Lipinski definition) is 0. The van der Waals surface area contributed by atoms with E-state index in [1.54, 1.807) is 12.5 Å². The lowest BCUT2D eigenvalue weighted by atomic mass is 10.2. The van der Waals surface area contributed by atoms with E-state index >= 15 is 0 Å². The minimum absolute atomic E-state index is 0.0641. The van der Waals surface area contributed by atoms with Crippen LogP contribution < -0.4 is 0 Å². The minimum atomic E-state index is 0.0641. The van der Waals surface area contributed by atoms with Crippen LogP contribution >= 0.6 is 0 Å². The van der Waals surface area contributed by atoms with Gasteiger partial charge in [0.05, 0.1) is 18.3 Å². The van der Waals surface area contributed by atoms with E-state index in [0.717, 1.165) is 6.54 Å². The number of rotatable bonds is 2. The van der Waals surface area contributed by atoms with Crippen LogP contribution in [0, 0.1) is 17.2 Å². The predicted molar refractivity (Wildman–Crippen MR) is 37.0 cm³/mol. The molecule has 0 N–H and O–H groups in total. The average molecular weight is 135 g/mol. The van der Waals surface area contributed by atoms with Gasteiger partial charge in [-0.3, -0.25) is 0 Å². The van der Waals surface area contributed by atoms with E-state index in [4.69, 9.17) is 5.26 Å². The molecule has 0 radical (unpaired) electrons. The fourth-order valence-corrected chi connectivity index (χ4v) is 0.752. The average Bonchev–Trinajstić information content (AvgIpc) is 2.40. The first kappa shape index (κ1) is 6.81. The van der Waals surface area contributed by atoms with E-state index in [0.29, 0.717) is 0 Å². The highest BCUT2D eigenvalue weighted by Gasteiger charge is 1.98. The van der Waals surface area contributed by atoms with Crippen LogP contribution in [-0.4, -0.2) is 9.55 Å². The zero-order valence-corrected chi connectivity index (χ0v) is 5.86. The molecule has 0 saturated carbocycles. The molecule has 1 heterocycles. The monoisotopic (exact) mass is 135 g/mol. The van der Waals surface area contributed by atoms with Crippen molar-refractivity contribution in [3.8, 4) is 6.07 Å². The summed E-state index contributed by atoms with van der Waals surface area (Å²) >= 11 is 0. The Hall–Kier alpha value is -1.30. The Labute approximate surface area is 59.9 Å². The molecule has 0 fully saturated rings. The second-order valence-corrected chi connectivity index (χ2v) is 2.29. The molecule has 1 rings (SSSR count). The minimum Gasteiger partial charge on any atom is -0.336 e. The smallest absolute Gasteiger partial charge is 0.0946 e. The lowest BCUT2D eigenvalue weighted by molar-refractivity contribution is 0.580. The van der Waals surface area contributed by atoms with Crippen molar-refractivity contribution < 1.29 is 0 Å². The molecule has 0 amide bonds. The third kappa shape index (κ3) is 1.59. The van der Waals surface area contributed by atoms with E-state index in [2.05, 4.69) is 11.1 Å². The summed E-state index contributed by atoms with van der Waals surface area (Å²) in [5.74, 6) is 0.0641. The van der Waals surface area contributed by atoms with Crippen molar-refractivity contribution in [2.45, 2.75) is 13.5 Å². The van der Waals surface area contributed by atoms with Gasteiger partial charge in [-0.25, -0.2) is 4.98 Å². The molecule has 0 aliphatic heterocycles. The second kappa shape index (κ2) is 3.02. The fraction of sp³-hybridized carbons (Fsp3) is 0.429. The van der Waals surface area contributed by atoms with Crippen molar-refractivity contribution in [2.24, 2.45) is 5.92 Å². The molecule has 0 aromatic carbocycles.